The van der Waals surface area contributed by atoms with Crippen LogP contribution in [0, 0.1) is 5.82 Å². The van der Waals surface area contributed by atoms with Crippen molar-refractivity contribution >= 4 is 18.3 Å². The molecule has 4 aromatic rings. The monoisotopic (exact) mass is 419 g/mol. The average molecular weight is 419 g/mol. The molecule has 150 valence electrons. The minimum atomic E-state index is -4.37. The zero-order valence-electron chi connectivity index (χ0n) is 15.3. The van der Waals surface area contributed by atoms with Crippen molar-refractivity contribution < 1.29 is 17.6 Å². The van der Waals surface area contributed by atoms with Gasteiger partial charge in [-0.25, -0.2) is 8.91 Å². The molecule has 1 N–H and O–H groups in total. The van der Waals surface area contributed by atoms with Crippen LogP contribution < -0.4 is 4.72 Å². The average Bonchev–Trinajstić information content (AvgIpc) is 3.12. The van der Waals surface area contributed by atoms with Crippen molar-refractivity contribution in [2.45, 2.75) is 6.18 Å². The molecule has 0 radical (unpaired) electrons. The number of halogens is 4. The van der Waals surface area contributed by atoms with Gasteiger partial charge in [0, 0.05) is 11.8 Å². The molecule has 2 aromatic heterocycles. The van der Waals surface area contributed by atoms with Crippen molar-refractivity contribution in [3.63, 3.8) is 0 Å². The second-order valence-corrected chi connectivity index (χ2v) is 6.56. The van der Waals surface area contributed by atoms with Crippen LogP contribution in [0.3, 0.4) is 0 Å². The van der Waals surface area contributed by atoms with Gasteiger partial charge in [-0.15, -0.1) is 0 Å². The number of pyridine rings is 1. The van der Waals surface area contributed by atoms with E-state index in [9.17, 15) is 17.6 Å². The summed E-state index contributed by atoms with van der Waals surface area (Å²) in [5.74, 6) is -0.315. The Balaban J connectivity index is 0.000000755. The van der Waals surface area contributed by atoms with Gasteiger partial charge < -0.3 is 0 Å². The van der Waals surface area contributed by atoms with E-state index in [0.717, 1.165) is 34.3 Å². The molecular weight excluding hydrogens is 402 g/mol. The van der Waals surface area contributed by atoms with E-state index in [4.69, 9.17) is 0 Å². The van der Waals surface area contributed by atoms with Gasteiger partial charge in [0.05, 0.1) is 17.3 Å². The van der Waals surface area contributed by atoms with E-state index >= 15 is 0 Å². The van der Waals surface area contributed by atoms with Crippen molar-refractivity contribution in [2.75, 3.05) is 7.05 Å². The van der Waals surface area contributed by atoms with Gasteiger partial charge in [-0.2, -0.15) is 18.3 Å². The lowest BCUT2D eigenvalue weighted by Gasteiger charge is -2.08. The molecule has 0 bridgehead atoms. The Hall–Kier alpha value is -2.84. The largest absolute Gasteiger partial charge is 0.416 e. The number of alkyl halides is 3. The van der Waals surface area contributed by atoms with Gasteiger partial charge in [-0.3, -0.25) is 4.72 Å². The Morgan fingerprint density at radius 1 is 0.897 bits per heavy atom. The summed E-state index contributed by atoms with van der Waals surface area (Å²) in [6, 6.07) is 14.8. The van der Waals surface area contributed by atoms with Crippen molar-refractivity contribution in [3.8, 4) is 22.3 Å². The molecule has 3 nitrogen and oxygen atoms in total. The molecule has 0 atom stereocenters. The molecule has 0 saturated carbocycles. The van der Waals surface area contributed by atoms with E-state index in [-0.39, 0.29) is 5.82 Å². The summed E-state index contributed by atoms with van der Waals surface area (Å²) < 4.78 is 55.4. The minimum absolute atomic E-state index is 0.315. The molecule has 2 aromatic carbocycles. The maximum atomic E-state index is 13.1. The molecule has 0 aliphatic rings. The van der Waals surface area contributed by atoms with Gasteiger partial charge >= 0.3 is 6.18 Å². The number of thiol groups is 1. The Morgan fingerprint density at radius 3 is 2.07 bits per heavy atom. The summed E-state index contributed by atoms with van der Waals surface area (Å²) in [6.07, 6.45) is -0.983. The summed E-state index contributed by atoms with van der Waals surface area (Å²) in [4.78, 5) is 0. The SMILES string of the molecule is CNS.Fc1ccc(-c2ccn3ncc(-c4ccc(C(F)(F)F)cc4)c3c2)cc1. The zero-order valence-corrected chi connectivity index (χ0v) is 16.2. The van der Waals surface area contributed by atoms with Crippen LogP contribution in [-0.4, -0.2) is 16.7 Å². The highest BCUT2D eigenvalue weighted by atomic mass is 32.1. The van der Waals surface area contributed by atoms with Crippen molar-refractivity contribution in [1.29, 1.82) is 0 Å². The van der Waals surface area contributed by atoms with Gasteiger partial charge in [-0.1, -0.05) is 37.1 Å². The molecule has 0 aliphatic carbocycles. The lowest BCUT2D eigenvalue weighted by molar-refractivity contribution is -0.137. The van der Waals surface area contributed by atoms with Crippen LogP contribution in [0.5, 0.6) is 0 Å². The summed E-state index contributed by atoms with van der Waals surface area (Å²) >= 11 is 3.54. The Labute approximate surface area is 170 Å². The third-order valence-electron chi connectivity index (χ3n) is 4.22. The first-order valence-corrected chi connectivity index (χ1v) is 9.00. The van der Waals surface area contributed by atoms with Crippen LogP contribution in [0.25, 0.3) is 27.8 Å². The molecule has 0 spiro atoms. The van der Waals surface area contributed by atoms with E-state index in [1.54, 1.807) is 36.1 Å². The predicted molar refractivity (Wildman–Crippen MR) is 109 cm³/mol. The molecule has 29 heavy (non-hydrogen) atoms. The van der Waals surface area contributed by atoms with Crippen LogP contribution in [0.1, 0.15) is 5.56 Å². The number of fused-ring (bicyclic) bond motifs is 1. The van der Waals surface area contributed by atoms with E-state index < -0.39 is 11.7 Å². The number of aromatic nitrogens is 2. The first-order chi connectivity index (χ1) is 13.8. The maximum Gasteiger partial charge on any atom is 0.416 e. The highest BCUT2D eigenvalue weighted by Gasteiger charge is 2.30. The quantitative estimate of drug-likeness (QED) is 0.314. The maximum absolute atomic E-state index is 13.1. The number of nitrogens with zero attached hydrogens (tertiary/aromatic N) is 2. The Bertz CT molecular complexity index is 1090. The normalized spacial score (nSPS) is 11.2. The molecule has 0 amide bonds. The third kappa shape index (κ3) is 4.78. The smallest absolute Gasteiger partial charge is 0.270 e. The third-order valence-corrected chi connectivity index (χ3v) is 4.22. The number of hydrogen-bond donors (Lipinski definition) is 2. The van der Waals surface area contributed by atoms with E-state index in [0.29, 0.717) is 5.56 Å². The van der Waals surface area contributed by atoms with Crippen LogP contribution in [0.2, 0.25) is 0 Å². The molecule has 0 saturated heterocycles. The number of rotatable bonds is 2. The molecule has 4 rings (SSSR count). The summed E-state index contributed by atoms with van der Waals surface area (Å²) in [6.45, 7) is 0. The Kier molecular flexibility index (Phi) is 6.24. The summed E-state index contributed by atoms with van der Waals surface area (Å²) in [5, 5.41) is 4.25. The second kappa shape index (κ2) is 8.67. The van der Waals surface area contributed by atoms with Gasteiger partial charge in [0.25, 0.3) is 0 Å². The summed E-state index contributed by atoms with van der Waals surface area (Å²) in [7, 11) is 1.74. The van der Waals surface area contributed by atoms with Gasteiger partial charge in [0.2, 0.25) is 0 Å². The van der Waals surface area contributed by atoms with E-state index in [1.807, 2.05) is 12.1 Å². The van der Waals surface area contributed by atoms with E-state index in [1.165, 1.54) is 24.3 Å². The fraction of sp³-hybridized carbons (Fsp3) is 0.0952. The fourth-order valence-corrected chi connectivity index (χ4v) is 2.86. The van der Waals surface area contributed by atoms with Gasteiger partial charge in [0.1, 0.15) is 5.82 Å². The number of benzene rings is 2. The van der Waals surface area contributed by atoms with E-state index in [2.05, 4.69) is 22.6 Å². The highest BCUT2D eigenvalue weighted by molar-refractivity contribution is 7.78. The fourth-order valence-electron chi connectivity index (χ4n) is 2.86. The second-order valence-electron chi connectivity index (χ2n) is 6.11. The minimum Gasteiger partial charge on any atom is -0.270 e. The lowest BCUT2D eigenvalue weighted by atomic mass is 10.0. The van der Waals surface area contributed by atoms with Crippen molar-refractivity contribution in [1.82, 2.24) is 14.3 Å². The molecule has 0 unspecified atom stereocenters. The van der Waals surface area contributed by atoms with Gasteiger partial charge in [-0.05, 0) is 60.1 Å². The molecule has 0 aliphatic heterocycles. The molecule has 2 heterocycles. The molecular formula is C21H17F4N3S. The first kappa shape index (κ1) is 20.9. The van der Waals surface area contributed by atoms with Gasteiger partial charge in [0.15, 0.2) is 0 Å². The standard InChI is InChI=1S/C20H12F4N2.CH5NS/c21-17-7-3-13(4-8-17)15-9-10-26-19(11-15)18(12-25-26)14-1-5-16(6-2-14)20(22,23)24;1-2-3/h1-12H;2-3H,1H3. The topological polar surface area (TPSA) is 29.3 Å². The summed E-state index contributed by atoms with van der Waals surface area (Å²) in [5.41, 5.74) is 3.14. The van der Waals surface area contributed by atoms with Crippen LogP contribution >= 0.6 is 12.8 Å². The molecule has 0 fully saturated rings. The van der Waals surface area contributed by atoms with Crippen LogP contribution in [-0.2, 0) is 6.18 Å². The van der Waals surface area contributed by atoms with Crippen molar-refractivity contribution in [3.05, 3.63) is 84.4 Å². The lowest BCUT2D eigenvalue weighted by Crippen LogP contribution is -2.03. The molecule has 8 heteroatoms. The van der Waals surface area contributed by atoms with Crippen molar-refractivity contribution in [2.24, 2.45) is 0 Å². The first-order valence-electron chi connectivity index (χ1n) is 8.55. The number of nitrogens with one attached hydrogen (secondary N) is 1. The van der Waals surface area contributed by atoms with Crippen LogP contribution in [0.15, 0.2) is 73.1 Å². The van der Waals surface area contributed by atoms with Crippen LogP contribution in [0.4, 0.5) is 17.6 Å². The number of hydrogen-bond acceptors (Lipinski definition) is 3. The Morgan fingerprint density at radius 2 is 1.48 bits per heavy atom. The zero-order chi connectivity index (χ0) is 21.0. The highest BCUT2D eigenvalue weighted by Crippen LogP contribution is 2.33. The predicted octanol–water partition coefficient (Wildman–Crippen LogP) is 5.88.